The zero-order valence-electron chi connectivity index (χ0n) is 11.3. The molecule has 1 saturated carbocycles. The number of nitrogens with one attached hydrogen (secondary N) is 1. The van der Waals surface area contributed by atoms with Gasteiger partial charge in [-0.1, -0.05) is 11.8 Å². The van der Waals surface area contributed by atoms with E-state index in [1.165, 1.54) is 0 Å². The number of aliphatic carboxylic acids is 1. The number of hydrogen-bond acceptors (Lipinski definition) is 5. The first kappa shape index (κ1) is 14.8. The molecule has 2 rings (SSSR count). The zero-order valence-corrected chi connectivity index (χ0v) is 12.9. The molecule has 0 aliphatic heterocycles. The maximum Gasteiger partial charge on any atom is 0.323 e. The molecule has 6 heteroatoms. The summed E-state index contributed by atoms with van der Waals surface area (Å²) in [5.41, 5.74) is -0.763. The molecule has 4 nitrogen and oxygen atoms in total. The summed E-state index contributed by atoms with van der Waals surface area (Å²) in [4.78, 5) is 16.0. The topological polar surface area (TPSA) is 62.2 Å². The van der Waals surface area contributed by atoms with Gasteiger partial charge in [-0.15, -0.1) is 11.3 Å². The van der Waals surface area contributed by atoms with Crippen molar-refractivity contribution in [1.29, 1.82) is 0 Å². The second-order valence-corrected chi connectivity index (χ2v) is 7.76. The van der Waals surface area contributed by atoms with E-state index in [4.69, 9.17) is 0 Å². The van der Waals surface area contributed by atoms with Crippen LogP contribution in [0.15, 0.2) is 15.9 Å². The lowest BCUT2D eigenvalue weighted by Crippen LogP contribution is -2.57. The molecule has 1 fully saturated rings. The van der Waals surface area contributed by atoms with Crippen LogP contribution in [0.2, 0.25) is 0 Å². The molecule has 106 valence electrons. The van der Waals surface area contributed by atoms with Crippen LogP contribution in [0.5, 0.6) is 0 Å². The van der Waals surface area contributed by atoms with Gasteiger partial charge in [-0.25, -0.2) is 4.98 Å². The third-order valence-electron chi connectivity index (χ3n) is 3.36. The second kappa shape index (κ2) is 6.24. The van der Waals surface area contributed by atoms with Gasteiger partial charge in [0, 0.05) is 22.9 Å². The number of carboxylic acids is 1. The number of aromatic nitrogens is 1. The molecule has 1 heterocycles. The first-order valence-electron chi connectivity index (χ1n) is 6.59. The predicted molar refractivity (Wildman–Crippen MR) is 78.9 cm³/mol. The van der Waals surface area contributed by atoms with E-state index >= 15 is 0 Å². The molecule has 1 aromatic heterocycles. The van der Waals surface area contributed by atoms with Crippen molar-refractivity contribution in [3.63, 3.8) is 0 Å². The van der Waals surface area contributed by atoms with Crippen molar-refractivity contribution in [3.8, 4) is 0 Å². The summed E-state index contributed by atoms with van der Waals surface area (Å²) in [7, 11) is 0. The van der Waals surface area contributed by atoms with Crippen LogP contribution in [-0.4, -0.2) is 32.9 Å². The maximum atomic E-state index is 11.7. The molecule has 2 unspecified atom stereocenters. The van der Waals surface area contributed by atoms with Gasteiger partial charge in [0.2, 0.25) is 0 Å². The van der Waals surface area contributed by atoms with Crippen LogP contribution >= 0.6 is 23.1 Å². The molecule has 0 bridgehead atoms. The molecule has 0 radical (unpaired) electrons. The van der Waals surface area contributed by atoms with Gasteiger partial charge in [-0.05, 0) is 39.5 Å². The minimum Gasteiger partial charge on any atom is -0.480 e. The summed E-state index contributed by atoms with van der Waals surface area (Å²) in [6, 6.07) is 0.180. The molecule has 0 aromatic carbocycles. The Morgan fingerprint density at radius 2 is 2.47 bits per heavy atom. The molecule has 19 heavy (non-hydrogen) atoms. The van der Waals surface area contributed by atoms with Gasteiger partial charge in [-0.3, -0.25) is 10.1 Å². The SMILES string of the molecule is CC(C)NC1(C(=O)O)CCCC(Sc2nccs2)C1. The number of carboxylic acid groups (broad SMARTS) is 1. The van der Waals surface area contributed by atoms with Crippen molar-refractivity contribution >= 4 is 29.1 Å². The van der Waals surface area contributed by atoms with Crippen molar-refractivity contribution in [3.05, 3.63) is 11.6 Å². The van der Waals surface area contributed by atoms with Crippen molar-refractivity contribution in [1.82, 2.24) is 10.3 Å². The lowest BCUT2D eigenvalue weighted by molar-refractivity contribution is -0.146. The van der Waals surface area contributed by atoms with Gasteiger partial charge < -0.3 is 5.11 Å². The Morgan fingerprint density at radius 1 is 1.68 bits per heavy atom. The first-order chi connectivity index (χ1) is 9.02. The van der Waals surface area contributed by atoms with Crippen LogP contribution in [0.4, 0.5) is 0 Å². The van der Waals surface area contributed by atoms with Crippen molar-refractivity contribution < 1.29 is 9.90 Å². The lowest BCUT2D eigenvalue weighted by atomic mass is 9.81. The van der Waals surface area contributed by atoms with E-state index < -0.39 is 11.5 Å². The van der Waals surface area contributed by atoms with Gasteiger partial charge in [-0.2, -0.15) is 0 Å². The Bertz CT molecular complexity index is 422. The average Bonchev–Trinajstić information content (AvgIpc) is 2.81. The number of hydrogen-bond donors (Lipinski definition) is 2. The standard InChI is InChI=1S/C13H20N2O2S2/c1-9(2)15-13(11(16)17)5-3-4-10(8-13)19-12-14-6-7-18-12/h6-7,9-10,15H,3-5,8H2,1-2H3,(H,16,17). The molecule has 0 spiro atoms. The number of thioether (sulfide) groups is 1. The summed E-state index contributed by atoms with van der Waals surface area (Å²) in [6.07, 6.45) is 5.21. The van der Waals surface area contributed by atoms with Gasteiger partial charge >= 0.3 is 5.97 Å². The first-order valence-corrected chi connectivity index (χ1v) is 8.35. The molecule has 2 N–H and O–H groups in total. The summed E-state index contributed by atoms with van der Waals surface area (Å²) >= 11 is 3.35. The highest BCUT2D eigenvalue weighted by molar-refractivity contribution is 8.01. The molecule has 0 amide bonds. The Labute approximate surface area is 122 Å². The summed E-state index contributed by atoms with van der Waals surface area (Å²) in [6.45, 7) is 4.00. The van der Waals surface area contributed by atoms with E-state index in [9.17, 15) is 9.90 Å². The molecule has 2 atom stereocenters. The summed E-state index contributed by atoms with van der Waals surface area (Å²) in [5.74, 6) is -0.717. The Balaban J connectivity index is 2.06. The van der Waals surface area contributed by atoms with Crippen molar-refractivity contribution in [2.24, 2.45) is 0 Å². The molecule has 0 saturated heterocycles. The van der Waals surface area contributed by atoms with Crippen LogP contribution in [0.25, 0.3) is 0 Å². The van der Waals surface area contributed by atoms with Gasteiger partial charge in [0.25, 0.3) is 0 Å². The molecular formula is C13H20N2O2S2. The van der Waals surface area contributed by atoms with Gasteiger partial charge in [0.15, 0.2) is 0 Å². The van der Waals surface area contributed by atoms with E-state index in [1.54, 1.807) is 29.3 Å². The summed E-state index contributed by atoms with van der Waals surface area (Å²) < 4.78 is 1.04. The molecular weight excluding hydrogens is 280 g/mol. The molecule has 1 aromatic rings. The zero-order chi connectivity index (χ0) is 13.9. The quantitative estimate of drug-likeness (QED) is 0.875. The summed E-state index contributed by atoms with van der Waals surface area (Å²) in [5, 5.41) is 15.2. The fourth-order valence-corrected chi connectivity index (χ4v) is 4.89. The van der Waals surface area contributed by atoms with Crippen molar-refractivity contribution in [2.45, 2.75) is 60.7 Å². The minimum atomic E-state index is -0.763. The van der Waals surface area contributed by atoms with Crippen molar-refractivity contribution in [2.75, 3.05) is 0 Å². The highest BCUT2D eigenvalue weighted by atomic mass is 32.2. The Hall–Kier alpha value is -0.590. The lowest BCUT2D eigenvalue weighted by Gasteiger charge is -2.39. The van der Waals surface area contributed by atoms with E-state index in [2.05, 4.69) is 10.3 Å². The fourth-order valence-electron chi connectivity index (χ4n) is 2.68. The number of rotatable bonds is 5. The van der Waals surface area contributed by atoms with E-state index in [-0.39, 0.29) is 6.04 Å². The van der Waals surface area contributed by atoms with Gasteiger partial charge in [0.1, 0.15) is 9.88 Å². The fraction of sp³-hybridized carbons (Fsp3) is 0.692. The average molecular weight is 300 g/mol. The third kappa shape index (κ3) is 3.70. The van der Waals surface area contributed by atoms with Crippen LogP contribution in [-0.2, 0) is 4.79 Å². The normalized spacial score (nSPS) is 27.6. The largest absolute Gasteiger partial charge is 0.480 e. The highest BCUT2D eigenvalue weighted by Crippen LogP contribution is 2.39. The van der Waals surface area contributed by atoms with Crippen LogP contribution in [0, 0.1) is 0 Å². The highest BCUT2D eigenvalue weighted by Gasteiger charge is 2.43. The smallest absolute Gasteiger partial charge is 0.323 e. The van der Waals surface area contributed by atoms with Crippen LogP contribution in [0.3, 0.4) is 0 Å². The molecule has 1 aliphatic rings. The number of carbonyl (C=O) groups is 1. The molecule has 1 aliphatic carbocycles. The predicted octanol–water partition coefficient (Wildman–Crippen LogP) is 3.00. The van der Waals surface area contributed by atoms with Gasteiger partial charge in [0.05, 0.1) is 0 Å². The third-order valence-corrected chi connectivity index (χ3v) is 5.54. The van der Waals surface area contributed by atoms with Crippen LogP contribution < -0.4 is 5.32 Å². The maximum absolute atomic E-state index is 11.7. The number of nitrogens with zero attached hydrogens (tertiary/aromatic N) is 1. The Morgan fingerprint density at radius 3 is 3.05 bits per heavy atom. The number of thiazole rings is 1. The minimum absolute atomic E-state index is 0.180. The van der Waals surface area contributed by atoms with Crippen LogP contribution in [0.1, 0.15) is 39.5 Å². The monoisotopic (exact) mass is 300 g/mol. The second-order valence-electron chi connectivity index (χ2n) is 5.32. The van der Waals surface area contributed by atoms with E-state index in [0.29, 0.717) is 11.7 Å². The van der Waals surface area contributed by atoms with E-state index in [0.717, 1.165) is 23.6 Å². The Kier molecular flexibility index (Phi) is 4.86. The van der Waals surface area contributed by atoms with E-state index in [1.807, 2.05) is 19.2 Å².